The summed E-state index contributed by atoms with van der Waals surface area (Å²) in [6.07, 6.45) is 0.0651. The Morgan fingerprint density at radius 2 is 1.73 bits per heavy atom. The minimum Gasteiger partial charge on any atom is -0.492 e. The number of carboxylic acids is 1. The number of rotatable bonds is 16. The molecule has 1 unspecified atom stereocenters. The van der Waals surface area contributed by atoms with Crippen molar-refractivity contribution >= 4 is 29.4 Å². The van der Waals surface area contributed by atoms with Gasteiger partial charge in [0.15, 0.2) is 17.7 Å². The number of anilines is 1. The van der Waals surface area contributed by atoms with Crippen molar-refractivity contribution in [3.8, 4) is 5.75 Å². The van der Waals surface area contributed by atoms with E-state index in [0.29, 0.717) is 18.9 Å². The number of nitrogens with one attached hydrogen (secondary N) is 1. The number of amides is 2. The molecule has 0 aliphatic heterocycles. The minimum absolute atomic E-state index is 0.163. The molecule has 2 amide bonds. The van der Waals surface area contributed by atoms with Gasteiger partial charge in [0.25, 0.3) is 0 Å². The summed E-state index contributed by atoms with van der Waals surface area (Å²) in [6, 6.07) is 20.0. The first-order valence-corrected chi connectivity index (χ1v) is 14.2. The third-order valence-electron chi connectivity index (χ3n) is 5.90. The van der Waals surface area contributed by atoms with Crippen molar-refractivity contribution in [3.63, 3.8) is 0 Å². The predicted octanol–water partition coefficient (Wildman–Crippen LogP) is 6.23. The lowest BCUT2D eigenvalue weighted by Gasteiger charge is -2.23. The Kier molecular flexibility index (Phi) is 12.7. The van der Waals surface area contributed by atoms with Gasteiger partial charge >= 0.3 is 12.0 Å². The molecule has 0 fully saturated rings. The van der Waals surface area contributed by atoms with Crippen molar-refractivity contribution in [1.82, 2.24) is 4.90 Å². The van der Waals surface area contributed by atoms with Gasteiger partial charge in [-0.25, -0.2) is 18.4 Å². The Morgan fingerprint density at radius 3 is 2.40 bits per heavy atom. The summed E-state index contributed by atoms with van der Waals surface area (Å²) < 4.78 is 38.0. The summed E-state index contributed by atoms with van der Waals surface area (Å²) in [5.74, 6) is -0.747. The molecule has 3 rings (SSSR count). The summed E-state index contributed by atoms with van der Waals surface area (Å²) in [6.45, 7) is 2.99. The molecule has 0 aromatic heterocycles. The maximum Gasteiger partial charge on any atom is 0.333 e. The standard InChI is InChI=1S/C30H34F2N2O5S/c1-2-38-28(29(35)36)19-22-9-12-25(13-10-22)39-17-16-34(15-6-18-40-21-23-7-4-3-5-8-23)30(37)33-24-11-14-26(31)27(32)20-24/h3-5,7-14,20,28H,2,6,15-19,21H2,1H3,(H,33,37)(H,35,36). The van der Waals surface area contributed by atoms with Crippen LogP contribution < -0.4 is 10.1 Å². The SMILES string of the molecule is CCOC(Cc1ccc(OCCN(CCCSCc2ccccc2)C(=O)Nc2ccc(F)c(F)c2)cc1)C(=O)O. The Balaban J connectivity index is 1.53. The Morgan fingerprint density at radius 1 is 0.975 bits per heavy atom. The molecule has 0 aliphatic rings. The van der Waals surface area contributed by atoms with E-state index in [1.165, 1.54) is 11.6 Å². The molecule has 3 aromatic rings. The third-order valence-corrected chi connectivity index (χ3v) is 7.02. The van der Waals surface area contributed by atoms with E-state index < -0.39 is 29.7 Å². The van der Waals surface area contributed by atoms with Crippen molar-refractivity contribution in [2.45, 2.75) is 31.6 Å². The molecule has 40 heavy (non-hydrogen) atoms. The smallest absolute Gasteiger partial charge is 0.333 e. The predicted molar refractivity (Wildman–Crippen MR) is 153 cm³/mol. The van der Waals surface area contributed by atoms with Gasteiger partial charge in [-0.1, -0.05) is 42.5 Å². The van der Waals surface area contributed by atoms with Crippen LogP contribution in [0.5, 0.6) is 5.75 Å². The molecular formula is C30H34F2N2O5S. The molecule has 214 valence electrons. The highest BCUT2D eigenvalue weighted by Gasteiger charge is 2.18. The summed E-state index contributed by atoms with van der Waals surface area (Å²) in [5, 5.41) is 11.9. The summed E-state index contributed by atoms with van der Waals surface area (Å²) in [5.41, 5.74) is 2.19. The number of hydrogen-bond donors (Lipinski definition) is 2. The zero-order valence-corrected chi connectivity index (χ0v) is 23.2. The van der Waals surface area contributed by atoms with Gasteiger partial charge in [-0.2, -0.15) is 11.8 Å². The van der Waals surface area contributed by atoms with E-state index in [4.69, 9.17) is 9.47 Å². The van der Waals surface area contributed by atoms with Crippen LogP contribution in [-0.2, 0) is 21.7 Å². The molecule has 7 nitrogen and oxygen atoms in total. The van der Waals surface area contributed by atoms with Crippen LogP contribution in [0.4, 0.5) is 19.3 Å². The Bertz CT molecular complexity index is 1210. The van der Waals surface area contributed by atoms with E-state index >= 15 is 0 Å². The number of urea groups is 1. The van der Waals surface area contributed by atoms with Crippen LogP contribution in [-0.4, -0.2) is 60.2 Å². The molecule has 0 radical (unpaired) electrons. The van der Waals surface area contributed by atoms with Crippen LogP contribution in [0.1, 0.15) is 24.5 Å². The first kappa shape index (κ1) is 30.9. The lowest BCUT2D eigenvalue weighted by molar-refractivity contribution is -0.149. The molecule has 2 N–H and O–H groups in total. The average Bonchev–Trinajstić information content (AvgIpc) is 2.95. The van der Waals surface area contributed by atoms with E-state index in [1.54, 1.807) is 47.9 Å². The lowest BCUT2D eigenvalue weighted by Crippen LogP contribution is -2.38. The maximum absolute atomic E-state index is 13.6. The number of carbonyl (C=O) groups is 2. The number of aliphatic carboxylic acids is 1. The van der Waals surface area contributed by atoms with E-state index in [-0.39, 0.29) is 25.3 Å². The number of halogens is 2. The second-order valence-corrected chi connectivity index (χ2v) is 10.0. The quantitative estimate of drug-likeness (QED) is 0.198. The zero-order valence-electron chi connectivity index (χ0n) is 22.4. The van der Waals surface area contributed by atoms with Gasteiger partial charge in [-0.15, -0.1) is 0 Å². The zero-order chi connectivity index (χ0) is 28.7. The molecule has 0 saturated carbocycles. The van der Waals surface area contributed by atoms with Gasteiger partial charge in [-0.05, 0) is 54.5 Å². The van der Waals surface area contributed by atoms with E-state index in [1.807, 2.05) is 18.2 Å². The van der Waals surface area contributed by atoms with Gasteiger partial charge in [-0.3, -0.25) is 0 Å². The van der Waals surface area contributed by atoms with E-state index in [2.05, 4.69) is 17.4 Å². The second-order valence-electron chi connectivity index (χ2n) is 8.92. The normalized spacial score (nSPS) is 11.6. The lowest BCUT2D eigenvalue weighted by atomic mass is 10.1. The largest absolute Gasteiger partial charge is 0.492 e. The molecule has 10 heteroatoms. The highest BCUT2D eigenvalue weighted by molar-refractivity contribution is 7.98. The number of carbonyl (C=O) groups excluding carboxylic acids is 1. The highest BCUT2D eigenvalue weighted by atomic mass is 32.2. The molecular weight excluding hydrogens is 538 g/mol. The minimum atomic E-state index is -1.04. The molecule has 1 atom stereocenters. The first-order chi connectivity index (χ1) is 19.4. The average molecular weight is 573 g/mol. The molecule has 0 saturated heterocycles. The monoisotopic (exact) mass is 572 g/mol. The van der Waals surface area contributed by atoms with Crippen molar-refractivity contribution in [3.05, 3.63) is 95.6 Å². The van der Waals surface area contributed by atoms with Gasteiger partial charge < -0.3 is 24.8 Å². The summed E-state index contributed by atoms with van der Waals surface area (Å²) in [7, 11) is 0. The van der Waals surface area contributed by atoms with Gasteiger partial charge in [0.1, 0.15) is 12.4 Å². The molecule has 3 aromatic carbocycles. The fourth-order valence-electron chi connectivity index (χ4n) is 3.84. The van der Waals surface area contributed by atoms with Crippen LogP contribution in [0.15, 0.2) is 72.8 Å². The number of benzene rings is 3. The first-order valence-electron chi connectivity index (χ1n) is 13.0. The van der Waals surface area contributed by atoms with Gasteiger partial charge in [0.05, 0.1) is 6.54 Å². The summed E-state index contributed by atoms with van der Waals surface area (Å²) in [4.78, 5) is 25.9. The highest BCUT2D eigenvalue weighted by Crippen LogP contribution is 2.17. The van der Waals surface area contributed by atoms with E-state index in [9.17, 15) is 23.5 Å². The maximum atomic E-state index is 13.6. The second kappa shape index (κ2) is 16.5. The number of ether oxygens (including phenoxy) is 2. The fraction of sp³-hybridized carbons (Fsp3) is 0.333. The topological polar surface area (TPSA) is 88.1 Å². The number of carboxylic acid groups (broad SMARTS) is 1. The van der Waals surface area contributed by atoms with Crippen molar-refractivity contribution in [2.75, 3.05) is 37.4 Å². The Hall–Kier alpha value is -3.63. The van der Waals surface area contributed by atoms with Crippen molar-refractivity contribution in [1.29, 1.82) is 0 Å². The van der Waals surface area contributed by atoms with E-state index in [0.717, 1.165) is 35.6 Å². The number of thioether (sulfide) groups is 1. The molecule has 0 heterocycles. The van der Waals surface area contributed by atoms with Crippen LogP contribution in [0, 0.1) is 11.6 Å². The van der Waals surface area contributed by atoms with Crippen LogP contribution in [0.2, 0.25) is 0 Å². The molecule has 0 aliphatic carbocycles. The van der Waals surface area contributed by atoms with Gasteiger partial charge in [0.2, 0.25) is 0 Å². The molecule has 0 bridgehead atoms. The molecule has 0 spiro atoms. The van der Waals surface area contributed by atoms with Crippen LogP contribution >= 0.6 is 11.8 Å². The third kappa shape index (κ3) is 10.5. The van der Waals surface area contributed by atoms with Crippen molar-refractivity contribution < 1.29 is 33.0 Å². The van der Waals surface area contributed by atoms with Crippen molar-refractivity contribution in [2.24, 2.45) is 0 Å². The van der Waals surface area contributed by atoms with Gasteiger partial charge in [0, 0.05) is 37.1 Å². The number of nitrogens with zero attached hydrogens (tertiary/aromatic N) is 1. The van der Waals surface area contributed by atoms with Crippen LogP contribution in [0.25, 0.3) is 0 Å². The van der Waals surface area contributed by atoms with Crippen LogP contribution in [0.3, 0.4) is 0 Å². The fourth-order valence-corrected chi connectivity index (χ4v) is 4.75. The number of hydrogen-bond acceptors (Lipinski definition) is 5. The Labute approximate surface area is 237 Å². The summed E-state index contributed by atoms with van der Waals surface area (Å²) >= 11 is 1.77.